The molecule has 1 N–H and O–H groups in total. The van der Waals surface area contributed by atoms with Crippen LogP contribution in [0.2, 0.25) is 0 Å². The first-order valence-electron chi connectivity index (χ1n) is 7.05. The molecule has 0 saturated carbocycles. The van der Waals surface area contributed by atoms with Crippen LogP contribution >= 0.6 is 0 Å². The maximum atomic E-state index is 12.1. The lowest BCUT2D eigenvalue weighted by Gasteiger charge is -2.20. The summed E-state index contributed by atoms with van der Waals surface area (Å²) in [5.74, 6) is 0.337. The minimum absolute atomic E-state index is 0.163. The highest BCUT2D eigenvalue weighted by molar-refractivity contribution is 5.79. The quantitative estimate of drug-likeness (QED) is 0.668. The van der Waals surface area contributed by atoms with E-state index in [1.54, 1.807) is 18.2 Å². The van der Waals surface area contributed by atoms with Gasteiger partial charge in [0.2, 0.25) is 0 Å². The normalized spacial score (nSPS) is 11.2. The second-order valence-corrected chi connectivity index (χ2v) is 5.67. The summed E-state index contributed by atoms with van der Waals surface area (Å²) in [5.41, 5.74) is 1.00. The van der Waals surface area contributed by atoms with Gasteiger partial charge >= 0.3 is 5.97 Å². The summed E-state index contributed by atoms with van der Waals surface area (Å²) in [5, 5.41) is 9.99. The van der Waals surface area contributed by atoms with Gasteiger partial charge in [-0.3, -0.25) is 4.79 Å². The lowest BCUT2D eigenvalue weighted by molar-refractivity contribution is -0.144. The molecule has 3 heteroatoms. The largest absolute Gasteiger partial charge is 0.507 e. The van der Waals surface area contributed by atoms with E-state index in [0.29, 0.717) is 17.7 Å². The standard InChI is InChI=1S/C18H20O3/c1-4-18(2,3)17(20)21-14-10-11-16(19)15(12-14)13-8-6-5-7-9-13/h5-12,19H,4H2,1-3H3. The van der Waals surface area contributed by atoms with E-state index in [2.05, 4.69) is 0 Å². The Bertz CT molecular complexity index is 630. The fourth-order valence-electron chi connectivity index (χ4n) is 1.82. The Labute approximate surface area is 125 Å². The molecule has 0 aromatic heterocycles. The summed E-state index contributed by atoms with van der Waals surface area (Å²) in [6, 6.07) is 14.3. The second kappa shape index (κ2) is 6.00. The van der Waals surface area contributed by atoms with Crippen LogP contribution in [-0.4, -0.2) is 11.1 Å². The summed E-state index contributed by atoms with van der Waals surface area (Å²) in [6.45, 7) is 5.66. The van der Waals surface area contributed by atoms with E-state index >= 15 is 0 Å². The lowest BCUT2D eigenvalue weighted by Crippen LogP contribution is -2.28. The van der Waals surface area contributed by atoms with Gasteiger partial charge in [-0.1, -0.05) is 37.3 Å². The molecule has 21 heavy (non-hydrogen) atoms. The first-order valence-corrected chi connectivity index (χ1v) is 7.05. The second-order valence-electron chi connectivity index (χ2n) is 5.67. The number of aromatic hydroxyl groups is 1. The molecule has 110 valence electrons. The number of phenols is 1. The van der Waals surface area contributed by atoms with Gasteiger partial charge in [0.05, 0.1) is 5.41 Å². The molecule has 0 spiro atoms. The molecule has 0 radical (unpaired) electrons. The van der Waals surface area contributed by atoms with Crippen molar-refractivity contribution in [3.05, 3.63) is 48.5 Å². The Morgan fingerprint density at radius 1 is 1.14 bits per heavy atom. The SMILES string of the molecule is CCC(C)(C)C(=O)Oc1ccc(O)c(-c2ccccc2)c1. The molecule has 2 rings (SSSR count). The summed E-state index contributed by atoms with van der Waals surface area (Å²) < 4.78 is 5.44. The summed E-state index contributed by atoms with van der Waals surface area (Å²) >= 11 is 0. The van der Waals surface area contributed by atoms with Crippen LogP contribution in [0.15, 0.2) is 48.5 Å². The number of carbonyl (C=O) groups is 1. The van der Waals surface area contributed by atoms with Crippen LogP contribution in [0, 0.1) is 5.41 Å². The van der Waals surface area contributed by atoms with Gasteiger partial charge < -0.3 is 9.84 Å². The number of esters is 1. The highest BCUT2D eigenvalue weighted by atomic mass is 16.5. The van der Waals surface area contributed by atoms with E-state index in [1.165, 1.54) is 0 Å². The van der Waals surface area contributed by atoms with Crippen molar-refractivity contribution in [3.63, 3.8) is 0 Å². The van der Waals surface area contributed by atoms with Crippen molar-refractivity contribution in [2.24, 2.45) is 5.41 Å². The van der Waals surface area contributed by atoms with Crippen LogP contribution in [0.25, 0.3) is 11.1 Å². The van der Waals surface area contributed by atoms with E-state index in [-0.39, 0.29) is 11.7 Å². The monoisotopic (exact) mass is 284 g/mol. The molecule has 2 aromatic rings. The van der Waals surface area contributed by atoms with E-state index in [4.69, 9.17) is 4.74 Å². The van der Waals surface area contributed by atoms with Gasteiger partial charge in [0.25, 0.3) is 0 Å². The summed E-state index contributed by atoms with van der Waals surface area (Å²) in [4.78, 5) is 12.1. The molecule has 0 unspecified atom stereocenters. The average molecular weight is 284 g/mol. The number of rotatable bonds is 4. The minimum Gasteiger partial charge on any atom is -0.507 e. The zero-order valence-corrected chi connectivity index (χ0v) is 12.6. The molecule has 0 aliphatic heterocycles. The highest BCUT2D eigenvalue weighted by Crippen LogP contribution is 2.33. The van der Waals surface area contributed by atoms with Crippen molar-refractivity contribution >= 4 is 5.97 Å². The van der Waals surface area contributed by atoms with Crippen molar-refractivity contribution in [2.45, 2.75) is 27.2 Å². The molecule has 0 aliphatic rings. The third kappa shape index (κ3) is 3.43. The fraction of sp³-hybridized carbons (Fsp3) is 0.278. The van der Waals surface area contributed by atoms with Crippen molar-refractivity contribution in [2.75, 3.05) is 0 Å². The van der Waals surface area contributed by atoms with Crippen molar-refractivity contribution in [3.8, 4) is 22.6 Å². The Kier molecular flexibility index (Phi) is 4.32. The molecule has 0 atom stereocenters. The first-order chi connectivity index (χ1) is 9.94. The highest BCUT2D eigenvalue weighted by Gasteiger charge is 2.27. The van der Waals surface area contributed by atoms with Gasteiger partial charge in [-0.25, -0.2) is 0 Å². The van der Waals surface area contributed by atoms with E-state index in [0.717, 1.165) is 5.56 Å². The lowest BCUT2D eigenvalue weighted by atomic mass is 9.91. The van der Waals surface area contributed by atoms with Crippen LogP contribution in [0.5, 0.6) is 11.5 Å². The molecule has 0 heterocycles. The summed E-state index contributed by atoms with van der Waals surface area (Å²) in [6.07, 6.45) is 0.704. The molecular weight excluding hydrogens is 264 g/mol. The maximum Gasteiger partial charge on any atom is 0.316 e. The first kappa shape index (κ1) is 15.1. The van der Waals surface area contributed by atoms with Crippen molar-refractivity contribution in [1.29, 1.82) is 0 Å². The summed E-state index contributed by atoms with van der Waals surface area (Å²) in [7, 11) is 0. The molecule has 3 nitrogen and oxygen atoms in total. The van der Waals surface area contributed by atoms with E-state index < -0.39 is 5.41 Å². The molecular formula is C18H20O3. The van der Waals surface area contributed by atoms with Crippen molar-refractivity contribution < 1.29 is 14.6 Å². The van der Waals surface area contributed by atoms with Crippen LogP contribution in [0.3, 0.4) is 0 Å². The van der Waals surface area contributed by atoms with Gasteiger partial charge in [-0.15, -0.1) is 0 Å². The third-order valence-corrected chi connectivity index (χ3v) is 3.70. The molecule has 0 bridgehead atoms. The Morgan fingerprint density at radius 2 is 1.81 bits per heavy atom. The number of benzene rings is 2. The average Bonchev–Trinajstić information content (AvgIpc) is 2.50. The smallest absolute Gasteiger partial charge is 0.316 e. The van der Waals surface area contributed by atoms with Crippen LogP contribution in [0.1, 0.15) is 27.2 Å². The zero-order valence-electron chi connectivity index (χ0n) is 12.6. The predicted molar refractivity (Wildman–Crippen MR) is 83.2 cm³/mol. The van der Waals surface area contributed by atoms with Gasteiger partial charge in [0.15, 0.2) is 0 Å². The Morgan fingerprint density at radius 3 is 2.43 bits per heavy atom. The van der Waals surface area contributed by atoms with Gasteiger partial charge in [0, 0.05) is 5.56 Å². The Balaban J connectivity index is 2.30. The van der Waals surface area contributed by atoms with Gasteiger partial charge in [-0.2, -0.15) is 0 Å². The van der Waals surface area contributed by atoms with E-state index in [9.17, 15) is 9.90 Å². The molecule has 0 fully saturated rings. The fourth-order valence-corrected chi connectivity index (χ4v) is 1.82. The molecule has 2 aromatic carbocycles. The predicted octanol–water partition coefficient (Wildman–Crippen LogP) is 4.40. The number of carbonyl (C=O) groups excluding carboxylic acids is 1. The number of hydrogen-bond acceptors (Lipinski definition) is 3. The van der Waals surface area contributed by atoms with Gasteiger partial charge in [-0.05, 0) is 44.0 Å². The van der Waals surface area contributed by atoms with Crippen LogP contribution in [-0.2, 0) is 4.79 Å². The van der Waals surface area contributed by atoms with Gasteiger partial charge in [0.1, 0.15) is 11.5 Å². The number of hydrogen-bond donors (Lipinski definition) is 1. The maximum absolute atomic E-state index is 12.1. The van der Waals surface area contributed by atoms with E-state index in [1.807, 2.05) is 51.1 Å². The molecule has 0 saturated heterocycles. The minimum atomic E-state index is -0.523. The number of phenolic OH excluding ortho intramolecular Hbond substituents is 1. The van der Waals surface area contributed by atoms with Crippen LogP contribution in [0.4, 0.5) is 0 Å². The molecule has 0 aliphatic carbocycles. The zero-order chi connectivity index (χ0) is 15.5. The van der Waals surface area contributed by atoms with Crippen molar-refractivity contribution in [1.82, 2.24) is 0 Å². The Hall–Kier alpha value is -2.29. The molecule has 0 amide bonds. The third-order valence-electron chi connectivity index (χ3n) is 3.70. The van der Waals surface area contributed by atoms with Crippen LogP contribution < -0.4 is 4.74 Å². The topological polar surface area (TPSA) is 46.5 Å². The number of ether oxygens (including phenoxy) is 1.